The summed E-state index contributed by atoms with van der Waals surface area (Å²) in [7, 11) is 0. The summed E-state index contributed by atoms with van der Waals surface area (Å²) in [6.07, 6.45) is 0. The van der Waals surface area contributed by atoms with Gasteiger partial charge in [-0.2, -0.15) is 0 Å². The van der Waals surface area contributed by atoms with E-state index in [0.29, 0.717) is 5.58 Å². The molecule has 2 heterocycles. The Labute approximate surface area is 120 Å². The van der Waals surface area contributed by atoms with E-state index in [0.717, 1.165) is 30.2 Å². The van der Waals surface area contributed by atoms with Crippen LogP contribution >= 0.6 is 27.3 Å². The van der Waals surface area contributed by atoms with Crippen LogP contribution in [-0.4, -0.2) is 0 Å². The van der Waals surface area contributed by atoms with Crippen molar-refractivity contribution in [2.24, 2.45) is 0 Å². The van der Waals surface area contributed by atoms with Gasteiger partial charge in [-0.05, 0) is 30.3 Å². The Morgan fingerprint density at radius 2 is 1.89 bits per heavy atom. The van der Waals surface area contributed by atoms with Gasteiger partial charge in [-0.25, -0.2) is 0 Å². The molecule has 0 aliphatic heterocycles. The lowest BCUT2D eigenvalue weighted by Gasteiger charge is -1.95. The number of hydrogen-bond donors (Lipinski definition) is 0. The molecule has 0 saturated heterocycles. The average molecular weight is 331 g/mol. The van der Waals surface area contributed by atoms with Gasteiger partial charge in [-0.1, -0.05) is 28.1 Å². The molecule has 0 aliphatic rings. The second-order valence-electron chi connectivity index (χ2n) is 4.33. The van der Waals surface area contributed by atoms with Crippen molar-refractivity contribution in [2.75, 3.05) is 0 Å². The van der Waals surface area contributed by atoms with Crippen LogP contribution in [0.1, 0.15) is 0 Å². The van der Waals surface area contributed by atoms with Crippen molar-refractivity contribution in [3.05, 3.63) is 57.2 Å². The molecule has 4 aromatic rings. The normalized spacial score (nSPS) is 11.6. The maximum Gasteiger partial charge on any atom is 0.231 e. The Morgan fingerprint density at radius 1 is 1.05 bits per heavy atom. The average Bonchev–Trinajstić information content (AvgIpc) is 2.78. The summed E-state index contributed by atoms with van der Waals surface area (Å²) in [6.45, 7) is 0. The lowest BCUT2D eigenvalue weighted by atomic mass is 10.2. The largest absolute Gasteiger partial charge is 0.451 e. The van der Waals surface area contributed by atoms with Gasteiger partial charge in [0, 0.05) is 19.9 Å². The van der Waals surface area contributed by atoms with E-state index in [-0.39, 0.29) is 5.43 Å². The third-order valence-electron chi connectivity index (χ3n) is 3.15. The zero-order chi connectivity index (χ0) is 13.0. The quantitative estimate of drug-likeness (QED) is 0.458. The smallest absolute Gasteiger partial charge is 0.231 e. The second kappa shape index (κ2) is 3.92. The Hall–Kier alpha value is -1.65. The SMILES string of the molecule is O=c1c2ccccc2sc2c1oc1ccc(Br)cc12. The Kier molecular flexibility index (Phi) is 2.31. The van der Waals surface area contributed by atoms with Crippen LogP contribution in [-0.2, 0) is 0 Å². The second-order valence-corrected chi connectivity index (χ2v) is 6.30. The van der Waals surface area contributed by atoms with Crippen LogP contribution in [0.3, 0.4) is 0 Å². The third-order valence-corrected chi connectivity index (χ3v) is 4.83. The monoisotopic (exact) mass is 330 g/mol. The Balaban J connectivity index is 2.34. The minimum atomic E-state index is -0.0309. The number of benzene rings is 2. The highest BCUT2D eigenvalue weighted by Gasteiger charge is 2.13. The van der Waals surface area contributed by atoms with Crippen LogP contribution in [0.5, 0.6) is 0 Å². The van der Waals surface area contributed by atoms with Gasteiger partial charge in [-0.15, -0.1) is 11.3 Å². The fourth-order valence-electron chi connectivity index (χ4n) is 2.27. The predicted octanol–water partition coefficient (Wildman–Crippen LogP) is 4.92. The highest BCUT2D eigenvalue weighted by Crippen LogP contribution is 2.34. The van der Waals surface area contributed by atoms with Crippen LogP contribution in [0.25, 0.3) is 31.3 Å². The van der Waals surface area contributed by atoms with Gasteiger partial charge < -0.3 is 4.42 Å². The predicted molar refractivity (Wildman–Crippen MR) is 83.1 cm³/mol. The Morgan fingerprint density at radius 3 is 2.79 bits per heavy atom. The molecule has 0 radical (unpaired) electrons. The molecule has 2 aromatic heterocycles. The van der Waals surface area contributed by atoms with Crippen molar-refractivity contribution in [3.8, 4) is 0 Å². The summed E-state index contributed by atoms with van der Waals surface area (Å²) in [6, 6.07) is 13.4. The van der Waals surface area contributed by atoms with Crippen molar-refractivity contribution >= 4 is 58.6 Å². The number of hydrogen-bond acceptors (Lipinski definition) is 3. The standard InChI is InChI=1S/C15H7BrO2S/c16-8-5-6-11-10(7-8)15-14(18-11)13(17)9-3-1-2-4-12(9)19-15/h1-7H. The van der Waals surface area contributed by atoms with E-state index in [4.69, 9.17) is 4.42 Å². The molecule has 19 heavy (non-hydrogen) atoms. The van der Waals surface area contributed by atoms with E-state index in [1.54, 1.807) is 11.3 Å². The van der Waals surface area contributed by atoms with E-state index in [9.17, 15) is 4.79 Å². The van der Waals surface area contributed by atoms with Crippen LogP contribution in [0.2, 0.25) is 0 Å². The first-order chi connectivity index (χ1) is 9.24. The maximum atomic E-state index is 12.4. The van der Waals surface area contributed by atoms with E-state index in [2.05, 4.69) is 15.9 Å². The summed E-state index contributed by atoms with van der Waals surface area (Å²) in [4.78, 5) is 12.4. The van der Waals surface area contributed by atoms with Crippen LogP contribution < -0.4 is 5.43 Å². The molecule has 0 spiro atoms. The minimum absolute atomic E-state index is 0.0309. The fraction of sp³-hybridized carbons (Fsp3) is 0. The lowest BCUT2D eigenvalue weighted by molar-refractivity contribution is 0.667. The van der Waals surface area contributed by atoms with Gasteiger partial charge in [0.2, 0.25) is 5.43 Å². The Bertz CT molecular complexity index is 997. The first-order valence-electron chi connectivity index (χ1n) is 5.77. The summed E-state index contributed by atoms with van der Waals surface area (Å²) in [5.41, 5.74) is 1.18. The first-order valence-corrected chi connectivity index (χ1v) is 7.38. The number of furan rings is 1. The molecule has 0 N–H and O–H groups in total. The van der Waals surface area contributed by atoms with Crippen LogP contribution in [0.4, 0.5) is 0 Å². The number of halogens is 1. The van der Waals surface area contributed by atoms with Crippen LogP contribution in [0, 0.1) is 0 Å². The summed E-state index contributed by atoms with van der Waals surface area (Å²) in [5, 5.41) is 1.70. The minimum Gasteiger partial charge on any atom is -0.451 e. The lowest BCUT2D eigenvalue weighted by Crippen LogP contribution is -1.98. The van der Waals surface area contributed by atoms with Crippen molar-refractivity contribution in [1.29, 1.82) is 0 Å². The fourth-order valence-corrected chi connectivity index (χ4v) is 3.77. The topological polar surface area (TPSA) is 30.2 Å². The molecule has 4 heteroatoms. The molecule has 0 fully saturated rings. The number of rotatable bonds is 0. The van der Waals surface area contributed by atoms with Gasteiger partial charge in [-0.3, -0.25) is 4.79 Å². The van der Waals surface area contributed by atoms with Crippen molar-refractivity contribution < 1.29 is 4.42 Å². The molecule has 2 nitrogen and oxygen atoms in total. The van der Waals surface area contributed by atoms with Gasteiger partial charge in [0.1, 0.15) is 5.58 Å². The van der Waals surface area contributed by atoms with Gasteiger partial charge in [0.25, 0.3) is 0 Å². The molecule has 0 aliphatic carbocycles. The van der Waals surface area contributed by atoms with Crippen LogP contribution in [0.15, 0.2) is 56.1 Å². The third kappa shape index (κ3) is 1.57. The molecule has 0 atom stereocenters. The maximum absolute atomic E-state index is 12.4. The van der Waals surface area contributed by atoms with E-state index in [1.807, 2.05) is 42.5 Å². The van der Waals surface area contributed by atoms with Crippen molar-refractivity contribution in [1.82, 2.24) is 0 Å². The molecule has 0 unspecified atom stereocenters. The zero-order valence-electron chi connectivity index (χ0n) is 9.64. The molecule has 0 amide bonds. The van der Waals surface area contributed by atoms with E-state index < -0.39 is 0 Å². The summed E-state index contributed by atoms with van der Waals surface area (Å²) in [5.74, 6) is 0. The summed E-state index contributed by atoms with van der Waals surface area (Å²) < 4.78 is 8.61. The van der Waals surface area contributed by atoms with Crippen molar-refractivity contribution in [2.45, 2.75) is 0 Å². The molecule has 0 bridgehead atoms. The van der Waals surface area contributed by atoms with E-state index in [1.165, 1.54) is 0 Å². The highest BCUT2D eigenvalue weighted by molar-refractivity contribution is 9.10. The molecule has 0 saturated carbocycles. The zero-order valence-corrected chi connectivity index (χ0v) is 12.0. The molecular formula is C15H7BrO2S. The highest BCUT2D eigenvalue weighted by atomic mass is 79.9. The molecule has 92 valence electrons. The van der Waals surface area contributed by atoms with Gasteiger partial charge >= 0.3 is 0 Å². The number of fused-ring (bicyclic) bond motifs is 4. The van der Waals surface area contributed by atoms with E-state index >= 15 is 0 Å². The first kappa shape index (κ1) is 11.2. The molecule has 2 aromatic carbocycles. The van der Waals surface area contributed by atoms with Crippen molar-refractivity contribution in [3.63, 3.8) is 0 Å². The molecule has 4 rings (SSSR count). The molecular weight excluding hydrogens is 324 g/mol. The van der Waals surface area contributed by atoms with Gasteiger partial charge in [0.15, 0.2) is 5.58 Å². The van der Waals surface area contributed by atoms with Gasteiger partial charge in [0.05, 0.1) is 4.70 Å². The summed E-state index contributed by atoms with van der Waals surface area (Å²) >= 11 is 5.05.